The average Bonchev–Trinajstić information content (AvgIpc) is 3.40. The highest BCUT2D eigenvalue weighted by molar-refractivity contribution is 6.19. The van der Waals surface area contributed by atoms with E-state index in [1.165, 1.54) is 22.1 Å². The van der Waals surface area contributed by atoms with Gasteiger partial charge in [0.2, 0.25) is 5.69 Å². The molecule has 0 radical (unpaired) electrons. The van der Waals surface area contributed by atoms with Crippen molar-refractivity contribution < 1.29 is 13.4 Å². The van der Waals surface area contributed by atoms with Crippen molar-refractivity contribution >= 4 is 54.6 Å². The van der Waals surface area contributed by atoms with E-state index in [1.54, 1.807) is 0 Å². The molecule has 34 heavy (non-hydrogen) atoms. The minimum Gasteiger partial charge on any atom is -0.455 e. The van der Waals surface area contributed by atoms with Crippen LogP contribution in [-0.2, 0) is 7.05 Å². The third-order valence-corrected chi connectivity index (χ3v) is 7.41. The molecule has 0 aliphatic heterocycles. The molecule has 0 bridgehead atoms. The molecule has 0 saturated heterocycles. The predicted molar refractivity (Wildman–Crippen MR) is 139 cm³/mol. The Morgan fingerprint density at radius 2 is 1.38 bits per heavy atom. The molecule has 0 aliphatic carbocycles. The van der Waals surface area contributed by atoms with Crippen LogP contribution in [0, 0.1) is 20.8 Å². The van der Waals surface area contributed by atoms with Gasteiger partial charge in [0, 0.05) is 33.0 Å². The second kappa shape index (κ2) is 6.71. The van der Waals surface area contributed by atoms with Gasteiger partial charge in [-0.25, -0.2) is 4.57 Å². The van der Waals surface area contributed by atoms with Gasteiger partial charge in [0.1, 0.15) is 29.4 Å². The predicted octanol–water partition coefficient (Wildman–Crippen LogP) is 8.06. The van der Waals surface area contributed by atoms with Gasteiger partial charge in [0.15, 0.2) is 6.20 Å². The van der Waals surface area contributed by atoms with Crippen molar-refractivity contribution in [2.45, 2.75) is 20.8 Å². The second-order valence-corrected chi connectivity index (χ2v) is 9.40. The van der Waals surface area contributed by atoms with Gasteiger partial charge in [0.05, 0.1) is 10.9 Å². The molecule has 0 spiro atoms. The Morgan fingerprint density at radius 1 is 0.618 bits per heavy atom. The maximum Gasteiger partial charge on any atom is 0.224 e. The zero-order valence-electron chi connectivity index (χ0n) is 19.7. The lowest BCUT2D eigenvalue weighted by atomic mass is 9.93. The number of rotatable bonds is 1. The molecule has 3 heteroatoms. The van der Waals surface area contributed by atoms with Gasteiger partial charge in [-0.2, -0.15) is 0 Å². The molecule has 3 nitrogen and oxygen atoms in total. The quantitative estimate of drug-likeness (QED) is 0.241. The van der Waals surface area contributed by atoms with Crippen LogP contribution in [0.15, 0.2) is 81.8 Å². The number of aryl methyl sites for hydroxylation is 3. The second-order valence-electron chi connectivity index (χ2n) is 9.40. The van der Waals surface area contributed by atoms with Crippen molar-refractivity contribution in [1.29, 1.82) is 0 Å². The minimum atomic E-state index is 0.918. The van der Waals surface area contributed by atoms with Crippen LogP contribution in [0.25, 0.3) is 65.9 Å². The number of aromatic nitrogens is 1. The first kappa shape index (κ1) is 19.4. The molecule has 0 amide bonds. The summed E-state index contributed by atoms with van der Waals surface area (Å²) in [6.45, 7) is 6.52. The van der Waals surface area contributed by atoms with Crippen LogP contribution >= 0.6 is 0 Å². The Bertz CT molecular complexity index is 1950. The van der Waals surface area contributed by atoms with Crippen molar-refractivity contribution in [2.24, 2.45) is 7.05 Å². The molecule has 7 aromatic rings. The molecule has 4 aromatic carbocycles. The van der Waals surface area contributed by atoms with E-state index in [1.807, 2.05) is 12.1 Å². The van der Waals surface area contributed by atoms with Gasteiger partial charge in [0.25, 0.3) is 0 Å². The number of benzene rings is 4. The number of nitrogens with zero attached hydrogens (tertiary/aromatic N) is 1. The van der Waals surface area contributed by atoms with E-state index < -0.39 is 0 Å². The van der Waals surface area contributed by atoms with Crippen molar-refractivity contribution in [3.05, 3.63) is 89.6 Å². The first-order valence-electron chi connectivity index (χ1n) is 11.7. The normalized spacial score (nSPS) is 12.1. The Morgan fingerprint density at radius 3 is 2.26 bits per heavy atom. The molecular formula is C31H24NO2+. The summed E-state index contributed by atoms with van der Waals surface area (Å²) >= 11 is 0. The zero-order valence-corrected chi connectivity index (χ0v) is 19.7. The van der Waals surface area contributed by atoms with Crippen LogP contribution in [0.4, 0.5) is 0 Å². The third kappa shape index (κ3) is 2.44. The third-order valence-electron chi connectivity index (χ3n) is 7.41. The highest BCUT2D eigenvalue weighted by Crippen LogP contribution is 2.42. The largest absolute Gasteiger partial charge is 0.455 e. The minimum absolute atomic E-state index is 0.918. The van der Waals surface area contributed by atoms with Gasteiger partial charge in [-0.05, 0) is 67.8 Å². The van der Waals surface area contributed by atoms with Gasteiger partial charge in [-0.15, -0.1) is 0 Å². The number of fused-ring (bicyclic) bond motifs is 8. The number of para-hydroxylation sites is 1. The van der Waals surface area contributed by atoms with Crippen molar-refractivity contribution in [3.63, 3.8) is 0 Å². The number of pyridine rings is 1. The van der Waals surface area contributed by atoms with Crippen molar-refractivity contribution in [2.75, 3.05) is 0 Å². The summed E-state index contributed by atoms with van der Waals surface area (Å²) in [6, 6.07) is 23.4. The smallest absolute Gasteiger partial charge is 0.224 e. The maximum absolute atomic E-state index is 6.49. The summed E-state index contributed by atoms with van der Waals surface area (Å²) < 4.78 is 15.1. The summed E-state index contributed by atoms with van der Waals surface area (Å²) in [7, 11) is 2.11. The number of hydrogen-bond donors (Lipinski definition) is 0. The fraction of sp³-hybridized carbons (Fsp3) is 0.129. The highest BCUT2D eigenvalue weighted by atomic mass is 16.3. The highest BCUT2D eigenvalue weighted by Gasteiger charge is 2.26. The maximum atomic E-state index is 6.49. The number of furan rings is 2. The zero-order chi connectivity index (χ0) is 23.1. The Labute approximate surface area is 196 Å². The van der Waals surface area contributed by atoms with E-state index >= 15 is 0 Å². The standard InChI is InChI=1S/C31H24NO2/c1-17-8-7-11-26-27(17)23-13-12-21-22(30(23)34-26)14-15-32(4)29(21)28-19(3)18(2)16-24-20-9-5-6-10-25(20)33-31(24)28/h5-16H,1-4H3/q+1. The summed E-state index contributed by atoms with van der Waals surface area (Å²) in [4.78, 5) is 0. The van der Waals surface area contributed by atoms with Gasteiger partial charge >= 0.3 is 0 Å². The molecule has 3 heterocycles. The molecule has 3 aromatic heterocycles. The van der Waals surface area contributed by atoms with E-state index in [2.05, 4.69) is 93.2 Å². The summed E-state index contributed by atoms with van der Waals surface area (Å²) in [5.41, 5.74) is 9.73. The van der Waals surface area contributed by atoms with E-state index in [0.29, 0.717) is 0 Å². The fourth-order valence-corrected chi connectivity index (χ4v) is 5.59. The number of hydrogen-bond acceptors (Lipinski definition) is 2. The lowest BCUT2D eigenvalue weighted by Crippen LogP contribution is -2.30. The van der Waals surface area contributed by atoms with Crippen LogP contribution in [0.5, 0.6) is 0 Å². The molecule has 0 aliphatic rings. The van der Waals surface area contributed by atoms with Crippen LogP contribution in [0.3, 0.4) is 0 Å². The summed E-state index contributed by atoms with van der Waals surface area (Å²) in [5, 5.41) is 6.94. The monoisotopic (exact) mass is 442 g/mol. The van der Waals surface area contributed by atoms with E-state index in [-0.39, 0.29) is 0 Å². The molecule has 7 rings (SSSR count). The van der Waals surface area contributed by atoms with E-state index in [9.17, 15) is 0 Å². The Hall–Kier alpha value is -4.11. The van der Waals surface area contributed by atoms with Crippen molar-refractivity contribution in [1.82, 2.24) is 0 Å². The van der Waals surface area contributed by atoms with Crippen LogP contribution in [0.1, 0.15) is 16.7 Å². The first-order valence-corrected chi connectivity index (χ1v) is 11.7. The fourth-order valence-electron chi connectivity index (χ4n) is 5.59. The Kier molecular flexibility index (Phi) is 3.82. The average molecular weight is 443 g/mol. The van der Waals surface area contributed by atoms with Crippen molar-refractivity contribution in [3.8, 4) is 11.3 Å². The lowest BCUT2D eigenvalue weighted by Gasteiger charge is -2.11. The SMILES string of the molecule is Cc1cc2c(oc3ccccc32)c(-c2c3ccc4c(oc5cccc(C)c54)c3cc[n+]2C)c1C. The van der Waals surface area contributed by atoms with Crippen LogP contribution in [-0.4, -0.2) is 0 Å². The van der Waals surface area contributed by atoms with E-state index in [0.717, 1.165) is 60.5 Å². The molecule has 0 fully saturated rings. The van der Waals surface area contributed by atoms with Crippen LogP contribution in [0.2, 0.25) is 0 Å². The molecular weight excluding hydrogens is 418 g/mol. The molecule has 0 unspecified atom stereocenters. The van der Waals surface area contributed by atoms with E-state index in [4.69, 9.17) is 8.83 Å². The van der Waals surface area contributed by atoms with Gasteiger partial charge < -0.3 is 8.83 Å². The van der Waals surface area contributed by atoms with Gasteiger partial charge in [-0.1, -0.05) is 30.3 Å². The van der Waals surface area contributed by atoms with Crippen LogP contribution < -0.4 is 4.57 Å². The summed E-state index contributed by atoms with van der Waals surface area (Å²) in [5.74, 6) is 0. The lowest BCUT2D eigenvalue weighted by molar-refractivity contribution is -0.659. The topological polar surface area (TPSA) is 30.2 Å². The first-order chi connectivity index (χ1) is 16.5. The molecule has 0 N–H and O–H groups in total. The Balaban J connectivity index is 1.66. The van der Waals surface area contributed by atoms with Gasteiger partial charge in [-0.3, -0.25) is 0 Å². The molecule has 0 saturated carbocycles. The summed E-state index contributed by atoms with van der Waals surface area (Å²) in [6.07, 6.45) is 2.13. The molecule has 0 atom stereocenters. The molecule has 164 valence electrons.